The van der Waals surface area contributed by atoms with E-state index in [9.17, 15) is 0 Å². The summed E-state index contributed by atoms with van der Waals surface area (Å²) >= 11 is 9.54. The Hall–Kier alpha value is -3.03. The smallest absolute Gasteiger partial charge is 0.174 e. The van der Waals surface area contributed by atoms with Crippen LogP contribution in [0.15, 0.2) is 77.7 Å². The number of hydrogen-bond donors (Lipinski definition) is 1. The first-order valence-electron chi connectivity index (χ1n) is 11.3. The summed E-state index contributed by atoms with van der Waals surface area (Å²) in [4.78, 5) is 11.1. The molecular weight excluding hydrogens is 506 g/mol. The number of thiocarbonyl (C=S) groups is 1. The molecule has 3 aromatic heterocycles. The molecule has 0 radical (unpaired) electrons. The summed E-state index contributed by atoms with van der Waals surface area (Å²) in [6.07, 6.45) is 5.53. The number of hydrogen-bond acceptors (Lipinski definition) is 3. The van der Waals surface area contributed by atoms with Crippen molar-refractivity contribution in [2.45, 2.75) is 39.4 Å². The minimum absolute atomic E-state index is 0.0274. The van der Waals surface area contributed by atoms with E-state index in [0.29, 0.717) is 5.11 Å². The van der Waals surface area contributed by atoms with Crippen molar-refractivity contribution >= 4 is 38.9 Å². The molecule has 1 aromatic carbocycles. The summed E-state index contributed by atoms with van der Waals surface area (Å²) in [6.45, 7) is 7.27. The van der Waals surface area contributed by atoms with Crippen LogP contribution in [0.4, 0.5) is 5.69 Å². The van der Waals surface area contributed by atoms with Crippen molar-refractivity contribution in [2.24, 2.45) is 0 Å². The van der Waals surface area contributed by atoms with Gasteiger partial charge in [0.05, 0.1) is 17.8 Å². The van der Waals surface area contributed by atoms with Gasteiger partial charge in [-0.25, -0.2) is 0 Å². The van der Waals surface area contributed by atoms with E-state index in [1.165, 1.54) is 28.1 Å². The number of benzene rings is 1. The van der Waals surface area contributed by atoms with Gasteiger partial charge in [0.25, 0.3) is 0 Å². The molecular formula is C27H26BrN5S. The van der Waals surface area contributed by atoms with Gasteiger partial charge in [-0.3, -0.25) is 9.97 Å². The maximum Gasteiger partial charge on any atom is 0.174 e. The van der Waals surface area contributed by atoms with Crippen molar-refractivity contribution in [3.63, 3.8) is 0 Å². The first kappa shape index (κ1) is 22.7. The second kappa shape index (κ2) is 9.31. The summed E-state index contributed by atoms with van der Waals surface area (Å²) in [5, 5.41) is 4.28. The third kappa shape index (κ3) is 4.14. The van der Waals surface area contributed by atoms with Crippen LogP contribution in [0.2, 0.25) is 0 Å². The van der Waals surface area contributed by atoms with Crippen LogP contribution < -0.4 is 10.2 Å². The molecule has 172 valence electrons. The van der Waals surface area contributed by atoms with Crippen molar-refractivity contribution < 1.29 is 0 Å². The Balaban J connectivity index is 1.63. The molecule has 1 aliphatic rings. The molecule has 0 amide bonds. The van der Waals surface area contributed by atoms with Gasteiger partial charge in [-0.05, 0) is 98.2 Å². The lowest BCUT2D eigenvalue weighted by Crippen LogP contribution is -2.29. The van der Waals surface area contributed by atoms with Crippen LogP contribution in [0.3, 0.4) is 0 Å². The molecule has 0 saturated carbocycles. The Kier molecular flexibility index (Phi) is 6.23. The Morgan fingerprint density at radius 2 is 1.79 bits per heavy atom. The first-order chi connectivity index (χ1) is 16.4. The molecule has 1 fully saturated rings. The Bertz CT molecular complexity index is 1340. The predicted molar refractivity (Wildman–Crippen MR) is 144 cm³/mol. The first-order valence-corrected chi connectivity index (χ1v) is 12.5. The molecule has 34 heavy (non-hydrogen) atoms. The molecule has 0 unspecified atom stereocenters. The summed E-state index contributed by atoms with van der Waals surface area (Å²) < 4.78 is 3.45. The highest BCUT2D eigenvalue weighted by Gasteiger charge is 2.42. The quantitative estimate of drug-likeness (QED) is 0.311. The van der Waals surface area contributed by atoms with Crippen LogP contribution in [0.5, 0.6) is 0 Å². The van der Waals surface area contributed by atoms with Crippen LogP contribution in [0.1, 0.15) is 45.9 Å². The van der Waals surface area contributed by atoms with E-state index >= 15 is 0 Å². The largest absolute Gasteiger partial charge is 0.351 e. The van der Waals surface area contributed by atoms with Gasteiger partial charge in [-0.15, -0.1) is 0 Å². The lowest BCUT2D eigenvalue weighted by Gasteiger charge is -2.28. The Morgan fingerprint density at radius 1 is 1.00 bits per heavy atom. The highest BCUT2D eigenvalue weighted by atomic mass is 79.9. The summed E-state index contributed by atoms with van der Waals surface area (Å²) in [6, 6.07) is 18.8. The lowest BCUT2D eigenvalue weighted by atomic mass is 9.96. The third-order valence-corrected chi connectivity index (χ3v) is 7.74. The number of nitrogens with zero attached hydrogens (tertiary/aromatic N) is 4. The van der Waals surface area contributed by atoms with Gasteiger partial charge in [0, 0.05) is 46.7 Å². The second-order valence-electron chi connectivity index (χ2n) is 8.70. The highest BCUT2D eigenvalue weighted by molar-refractivity contribution is 9.10. The molecule has 4 aromatic rings. The molecule has 5 nitrogen and oxygen atoms in total. The predicted octanol–water partition coefficient (Wildman–Crippen LogP) is 6.19. The SMILES string of the molecule is Cc1cc(N2C(=S)N[C@H](c3ccccn3)[C@@H]2c2cc(C)n(Cc3ccncc3)c2C)ccc1Br. The summed E-state index contributed by atoms with van der Waals surface area (Å²) in [5.41, 5.74) is 8.13. The van der Waals surface area contributed by atoms with Crippen molar-refractivity contribution in [1.29, 1.82) is 0 Å². The van der Waals surface area contributed by atoms with Crippen molar-refractivity contribution in [1.82, 2.24) is 19.9 Å². The fourth-order valence-electron chi connectivity index (χ4n) is 4.77. The lowest BCUT2D eigenvalue weighted by molar-refractivity contribution is 0.563. The minimum atomic E-state index is -0.0625. The van der Waals surface area contributed by atoms with Gasteiger partial charge in [0.2, 0.25) is 0 Å². The van der Waals surface area contributed by atoms with Gasteiger partial charge in [0.1, 0.15) is 0 Å². The normalized spacial score (nSPS) is 17.8. The van der Waals surface area contributed by atoms with E-state index in [1.807, 2.05) is 30.7 Å². The molecule has 1 saturated heterocycles. The summed E-state index contributed by atoms with van der Waals surface area (Å²) in [7, 11) is 0. The average molecular weight is 533 g/mol. The topological polar surface area (TPSA) is 46.0 Å². The van der Waals surface area contributed by atoms with Gasteiger partial charge in [-0.1, -0.05) is 22.0 Å². The number of anilines is 1. The average Bonchev–Trinajstić information content (AvgIpc) is 3.33. The van der Waals surface area contributed by atoms with E-state index in [0.717, 1.165) is 22.4 Å². The number of halogens is 1. The van der Waals surface area contributed by atoms with Crippen molar-refractivity contribution in [3.8, 4) is 0 Å². The molecule has 7 heteroatoms. The van der Waals surface area contributed by atoms with E-state index in [1.54, 1.807) is 0 Å². The van der Waals surface area contributed by atoms with Crippen molar-refractivity contribution in [3.05, 3.63) is 111 Å². The highest BCUT2D eigenvalue weighted by Crippen LogP contribution is 2.43. The van der Waals surface area contributed by atoms with Gasteiger partial charge >= 0.3 is 0 Å². The van der Waals surface area contributed by atoms with E-state index in [4.69, 9.17) is 12.2 Å². The van der Waals surface area contributed by atoms with Gasteiger partial charge in [-0.2, -0.15) is 0 Å². The van der Waals surface area contributed by atoms with Crippen LogP contribution in [-0.4, -0.2) is 19.6 Å². The fraction of sp³-hybridized carbons (Fsp3) is 0.222. The fourth-order valence-corrected chi connectivity index (χ4v) is 5.36. The molecule has 1 aliphatic heterocycles. The zero-order valence-electron chi connectivity index (χ0n) is 19.4. The molecule has 4 heterocycles. The zero-order chi connectivity index (χ0) is 23.8. The second-order valence-corrected chi connectivity index (χ2v) is 9.94. The van der Waals surface area contributed by atoms with E-state index in [-0.39, 0.29) is 12.1 Å². The number of rotatable bonds is 5. The molecule has 0 spiro atoms. The zero-order valence-corrected chi connectivity index (χ0v) is 21.8. The maximum atomic E-state index is 5.90. The third-order valence-electron chi connectivity index (χ3n) is 6.54. The number of nitrogens with one attached hydrogen (secondary N) is 1. The number of pyridine rings is 2. The van der Waals surface area contributed by atoms with Gasteiger partial charge in [0.15, 0.2) is 5.11 Å². The van der Waals surface area contributed by atoms with E-state index in [2.05, 4.69) is 104 Å². The number of aryl methyl sites for hydroxylation is 2. The Morgan fingerprint density at radius 3 is 2.50 bits per heavy atom. The standard InChI is InChI=1S/C27H26BrN5S/c1-17-14-21(7-8-23(17)28)33-26(25(31-27(33)34)24-6-4-5-11-30-24)22-15-18(2)32(19(22)3)16-20-9-12-29-13-10-20/h4-15,25-26H,16H2,1-3H3,(H,31,34)/t25-,26+/m1/s1. The monoisotopic (exact) mass is 531 g/mol. The molecule has 2 atom stereocenters. The Labute approximate surface area is 214 Å². The molecule has 0 bridgehead atoms. The van der Waals surface area contributed by atoms with Crippen LogP contribution in [-0.2, 0) is 6.54 Å². The summed E-state index contributed by atoms with van der Waals surface area (Å²) in [5.74, 6) is 0. The van der Waals surface area contributed by atoms with Crippen LogP contribution in [0.25, 0.3) is 0 Å². The van der Waals surface area contributed by atoms with Crippen molar-refractivity contribution in [2.75, 3.05) is 4.90 Å². The van der Waals surface area contributed by atoms with E-state index < -0.39 is 0 Å². The van der Waals surface area contributed by atoms with Crippen LogP contribution in [0, 0.1) is 20.8 Å². The maximum absolute atomic E-state index is 5.90. The van der Waals surface area contributed by atoms with Gasteiger partial charge < -0.3 is 14.8 Å². The molecule has 5 rings (SSSR count). The molecule has 0 aliphatic carbocycles. The molecule has 1 N–H and O–H groups in total. The number of aromatic nitrogens is 3. The van der Waals surface area contributed by atoms with Crippen LogP contribution >= 0.6 is 28.1 Å². The minimum Gasteiger partial charge on any atom is -0.351 e.